The molecular formula is C15H17Cl. The molecule has 0 spiro atoms. The lowest BCUT2D eigenvalue weighted by Crippen LogP contribution is -2.23. The average molecular weight is 233 g/mol. The first-order valence-electron chi connectivity index (χ1n) is 6.21. The van der Waals surface area contributed by atoms with Crippen molar-refractivity contribution < 1.29 is 0 Å². The van der Waals surface area contributed by atoms with E-state index in [4.69, 9.17) is 11.6 Å². The van der Waals surface area contributed by atoms with Gasteiger partial charge < -0.3 is 0 Å². The van der Waals surface area contributed by atoms with Crippen molar-refractivity contribution in [2.45, 2.75) is 32.1 Å². The van der Waals surface area contributed by atoms with Gasteiger partial charge in [-0.3, -0.25) is 0 Å². The second-order valence-electron chi connectivity index (χ2n) is 5.18. The van der Waals surface area contributed by atoms with Gasteiger partial charge in [-0.1, -0.05) is 42.0 Å². The van der Waals surface area contributed by atoms with E-state index in [2.05, 4.69) is 24.8 Å². The molecule has 0 aromatic carbocycles. The van der Waals surface area contributed by atoms with E-state index in [0.29, 0.717) is 11.8 Å². The number of fused-ring (bicyclic) bond motifs is 2. The first-order chi connectivity index (χ1) is 7.75. The van der Waals surface area contributed by atoms with Crippen molar-refractivity contribution in [1.82, 2.24) is 0 Å². The van der Waals surface area contributed by atoms with Gasteiger partial charge in [0.15, 0.2) is 0 Å². The highest BCUT2D eigenvalue weighted by Gasteiger charge is 2.33. The van der Waals surface area contributed by atoms with Crippen LogP contribution in [0.15, 0.2) is 46.6 Å². The number of hydrogen-bond acceptors (Lipinski definition) is 0. The zero-order chi connectivity index (χ0) is 11.1. The lowest BCUT2D eigenvalue weighted by atomic mass is 9.70. The van der Waals surface area contributed by atoms with Crippen LogP contribution in [0.25, 0.3) is 0 Å². The molecule has 2 unspecified atom stereocenters. The number of allylic oxidation sites excluding steroid dienone is 7. The molecule has 0 fully saturated rings. The third-order valence-corrected chi connectivity index (χ3v) is 4.54. The lowest BCUT2D eigenvalue weighted by molar-refractivity contribution is 0.391. The zero-order valence-corrected chi connectivity index (χ0v) is 10.3. The quantitative estimate of drug-likeness (QED) is 0.566. The van der Waals surface area contributed by atoms with Crippen molar-refractivity contribution in [2.75, 3.05) is 0 Å². The molecule has 0 radical (unpaired) electrons. The molecule has 0 aliphatic heterocycles. The molecule has 3 rings (SSSR count). The van der Waals surface area contributed by atoms with Crippen LogP contribution >= 0.6 is 11.6 Å². The van der Waals surface area contributed by atoms with Gasteiger partial charge in [-0.25, -0.2) is 0 Å². The van der Waals surface area contributed by atoms with Crippen LogP contribution in [0.3, 0.4) is 0 Å². The van der Waals surface area contributed by atoms with Crippen LogP contribution in [0.4, 0.5) is 0 Å². The van der Waals surface area contributed by atoms with Crippen molar-refractivity contribution in [3.8, 4) is 0 Å². The molecule has 16 heavy (non-hydrogen) atoms. The first kappa shape index (κ1) is 10.4. The highest BCUT2D eigenvalue weighted by molar-refractivity contribution is 6.32. The monoisotopic (exact) mass is 232 g/mol. The second-order valence-corrected chi connectivity index (χ2v) is 5.55. The van der Waals surface area contributed by atoms with Crippen LogP contribution in [0.5, 0.6) is 0 Å². The highest BCUT2D eigenvalue weighted by Crippen LogP contribution is 2.47. The van der Waals surface area contributed by atoms with Crippen LogP contribution in [0.2, 0.25) is 0 Å². The molecular weight excluding hydrogens is 216 g/mol. The van der Waals surface area contributed by atoms with E-state index in [1.807, 2.05) is 0 Å². The Morgan fingerprint density at radius 2 is 2.12 bits per heavy atom. The van der Waals surface area contributed by atoms with Crippen LogP contribution in [0.1, 0.15) is 32.1 Å². The SMILES string of the molecule is C=C1C=C2C(Cl)=C3C=CCCC3CC2CC1. The van der Waals surface area contributed by atoms with Gasteiger partial charge in [-0.2, -0.15) is 0 Å². The predicted octanol–water partition coefficient (Wildman–Crippen LogP) is 4.74. The third-order valence-electron chi connectivity index (χ3n) is 4.11. The maximum Gasteiger partial charge on any atom is 0.0475 e. The first-order valence-corrected chi connectivity index (χ1v) is 6.59. The molecule has 0 nitrogen and oxygen atoms in total. The number of rotatable bonds is 0. The van der Waals surface area contributed by atoms with Gasteiger partial charge in [-0.15, -0.1) is 0 Å². The summed E-state index contributed by atoms with van der Waals surface area (Å²) in [6.07, 6.45) is 12.9. The minimum Gasteiger partial charge on any atom is -0.0958 e. The van der Waals surface area contributed by atoms with Gasteiger partial charge >= 0.3 is 0 Å². The summed E-state index contributed by atoms with van der Waals surface area (Å²) >= 11 is 6.55. The molecule has 2 atom stereocenters. The summed E-state index contributed by atoms with van der Waals surface area (Å²) in [7, 11) is 0. The highest BCUT2D eigenvalue weighted by atomic mass is 35.5. The van der Waals surface area contributed by atoms with Crippen LogP contribution in [-0.4, -0.2) is 0 Å². The fraction of sp³-hybridized carbons (Fsp3) is 0.467. The Morgan fingerprint density at radius 3 is 3.00 bits per heavy atom. The van der Waals surface area contributed by atoms with Crippen LogP contribution in [-0.2, 0) is 0 Å². The van der Waals surface area contributed by atoms with E-state index in [1.165, 1.54) is 42.4 Å². The molecule has 84 valence electrons. The van der Waals surface area contributed by atoms with Crippen molar-refractivity contribution in [1.29, 1.82) is 0 Å². The van der Waals surface area contributed by atoms with E-state index in [9.17, 15) is 0 Å². The van der Waals surface area contributed by atoms with E-state index >= 15 is 0 Å². The Balaban J connectivity index is 2.08. The molecule has 0 saturated carbocycles. The van der Waals surface area contributed by atoms with Crippen LogP contribution < -0.4 is 0 Å². The topological polar surface area (TPSA) is 0 Å². The van der Waals surface area contributed by atoms with E-state index < -0.39 is 0 Å². The summed E-state index contributed by atoms with van der Waals surface area (Å²) in [5, 5.41) is 1.03. The van der Waals surface area contributed by atoms with Gasteiger partial charge in [0.05, 0.1) is 0 Å². The summed E-state index contributed by atoms with van der Waals surface area (Å²) in [4.78, 5) is 0. The molecule has 0 bridgehead atoms. The van der Waals surface area contributed by atoms with Gasteiger partial charge in [-0.05, 0) is 55.1 Å². The predicted molar refractivity (Wildman–Crippen MR) is 69.3 cm³/mol. The molecule has 3 aliphatic rings. The Labute approximate surface area is 102 Å². The van der Waals surface area contributed by atoms with Gasteiger partial charge in [0.25, 0.3) is 0 Å². The van der Waals surface area contributed by atoms with E-state index in [0.717, 1.165) is 11.5 Å². The summed E-state index contributed by atoms with van der Waals surface area (Å²) in [5.41, 5.74) is 3.98. The zero-order valence-electron chi connectivity index (χ0n) is 9.51. The fourth-order valence-electron chi connectivity index (χ4n) is 3.22. The smallest absolute Gasteiger partial charge is 0.0475 e. The Morgan fingerprint density at radius 1 is 1.25 bits per heavy atom. The van der Waals surface area contributed by atoms with Gasteiger partial charge in [0, 0.05) is 5.03 Å². The molecule has 0 amide bonds. The van der Waals surface area contributed by atoms with Crippen molar-refractivity contribution in [2.24, 2.45) is 11.8 Å². The maximum atomic E-state index is 6.55. The summed E-state index contributed by atoms with van der Waals surface area (Å²) < 4.78 is 0. The molecule has 1 heteroatoms. The third kappa shape index (κ3) is 1.60. The minimum atomic E-state index is 0.693. The van der Waals surface area contributed by atoms with Gasteiger partial charge in [0.1, 0.15) is 0 Å². The lowest BCUT2D eigenvalue weighted by Gasteiger charge is -2.36. The van der Waals surface area contributed by atoms with Crippen molar-refractivity contribution in [3.63, 3.8) is 0 Å². The van der Waals surface area contributed by atoms with E-state index in [-0.39, 0.29) is 0 Å². The van der Waals surface area contributed by atoms with E-state index in [1.54, 1.807) is 0 Å². The molecule has 0 saturated heterocycles. The molecule has 0 aromatic heterocycles. The number of halogens is 1. The number of hydrogen-bond donors (Lipinski definition) is 0. The molecule has 0 aromatic rings. The summed E-state index contributed by atoms with van der Waals surface area (Å²) in [5.74, 6) is 1.41. The summed E-state index contributed by atoms with van der Waals surface area (Å²) in [6, 6.07) is 0. The molecule has 0 heterocycles. The Bertz CT molecular complexity index is 423. The second kappa shape index (κ2) is 3.92. The van der Waals surface area contributed by atoms with Crippen LogP contribution in [0, 0.1) is 11.8 Å². The normalized spacial score (nSPS) is 33.3. The average Bonchev–Trinajstić information content (AvgIpc) is 2.31. The maximum absolute atomic E-state index is 6.55. The standard InChI is InChI=1S/C15H17Cl/c1-10-6-7-12-9-11-4-2-3-5-13(11)15(16)14(12)8-10/h3,5,8,11-12H,1-2,4,6-7,9H2. The minimum absolute atomic E-state index is 0.693. The Kier molecular flexibility index (Phi) is 2.55. The summed E-state index contributed by atoms with van der Waals surface area (Å²) in [6.45, 7) is 4.07. The van der Waals surface area contributed by atoms with Crippen molar-refractivity contribution in [3.05, 3.63) is 46.6 Å². The molecule has 0 N–H and O–H groups in total. The Hall–Kier alpha value is -0.750. The largest absolute Gasteiger partial charge is 0.0958 e. The molecule has 3 aliphatic carbocycles. The van der Waals surface area contributed by atoms with Crippen molar-refractivity contribution >= 4 is 11.6 Å². The fourth-order valence-corrected chi connectivity index (χ4v) is 3.65. The van der Waals surface area contributed by atoms with Gasteiger partial charge in [0.2, 0.25) is 0 Å².